The molecule has 0 aromatic heterocycles. The standard InChI is InChI=1S/C12H18N2O3S/c1-9-5-6-10(2)11(7-9)18(16,17)13-8-12(15)14(3)4/h5-7,13H,8H2,1-4H3. The highest BCUT2D eigenvalue weighted by Crippen LogP contribution is 2.16. The first-order valence-electron chi connectivity index (χ1n) is 5.51. The van der Waals surface area contributed by atoms with Gasteiger partial charge in [-0.2, -0.15) is 0 Å². The number of hydrogen-bond acceptors (Lipinski definition) is 3. The summed E-state index contributed by atoms with van der Waals surface area (Å²) in [6.07, 6.45) is 0. The molecule has 6 heteroatoms. The van der Waals surface area contributed by atoms with Crippen molar-refractivity contribution in [3.05, 3.63) is 29.3 Å². The summed E-state index contributed by atoms with van der Waals surface area (Å²) in [6.45, 7) is 3.31. The molecule has 0 radical (unpaired) electrons. The summed E-state index contributed by atoms with van der Waals surface area (Å²) in [7, 11) is -0.484. The second-order valence-corrected chi connectivity index (χ2v) is 6.12. The molecule has 1 rings (SSSR count). The molecule has 1 N–H and O–H groups in total. The van der Waals surface area contributed by atoms with Crippen LogP contribution in [0.15, 0.2) is 23.1 Å². The molecule has 0 atom stereocenters. The molecule has 18 heavy (non-hydrogen) atoms. The van der Waals surface area contributed by atoms with Gasteiger partial charge in [-0.05, 0) is 31.0 Å². The second-order valence-electron chi connectivity index (χ2n) is 4.38. The van der Waals surface area contributed by atoms with Crippen LogP contribution in [0.3, 0.4) is 0 Å². The zero-order valence-electron chi connectivity index (χ0n) is 11.0. The number of carbonyl (C=O) groups is 1. The molecule has 1 amide bonds. The lowest BCUT2D eigenvalue weighted by atomic mass is 10.2. The number of carbonyl (C=O) groups excluding carboxylic acids is 1. The van der Waals surface area contributed by atoms with E-state index in [1.165, 1.54) is 4.90 Å². The number of amides is 1. The summed E-state index contributed by atoms with van der Waals surface area (Å²) in [4.78, 5) is 12.9. The van der Waals surface area contributed by atoms with E-state index in [-0.39, 0.29) is 17.3 Å². The van der Waals surface area contributed by atoms with E-state index in [2.05, 4.69) is 4.72 Å². The van der Waals surface area contributed by atoms with Crippen molar-refractivity contribution >= 4 is 15.9 Å². The van der Waals surface area contributed by atoms with Crippen LogP contribution in [-0.2, 0) is 14.8 Å². The van der Waals surface area contributed by atoms with Gasteiger partial charge in [-0.15, -0.1) is 0 Å². The minimum atomic E-state index is -3.64. The maximum atomic E-state index is 12.1. The highest BCUT2D eigenvalue weighted by atomic mass is 32.2. The van der Waals surface area contributed by atoms with Gasteiger partial charge in [-0.3, -0.25) is 4.79 Å². The van der Waals surface area contributed by atoms with Gasteiger partial charge in [-0.25, -0.2) is 13.1 Å². The summed E-state index contributed by atoms with van der Waals surface area (Å²) in [5, 5.41) is 0. The van der Waals surface area contributed by atoms with E-state index >= 15 is 0 Å². The fourth-order valence-electron chi connectivity index (χ4n) is 1.39. The molecule has 5 nitrogen and oxygen atoms in total. The Balaban J connectivity index is 2.93. The first-order valence-corrected chi connectivity index (χ1v) is 6.99. The molecule has 0 fully saturated rings. The zero-order valence-corrected chi connectivity index (χ0v) is 11.8. The molecule has 0 saturated carbocycles. The van der Waals surface area contributed by atoms with Gasteiger partial charge in [0, 0.05) is 14.1 Å². The van der Waals surface area contributed by atoms with Gasteiger partial charge >= 0.3 is 0 Å². The summed E-state index contributed by atoms with van der Waals surface area (Å²) in [5.41, 5.74) is 1.52. The normalized spacial score (nSPS) is 11.3. The number of nitrogens with zero attached hydrogens (tertiary/aromatic N) is 1. The van der Waals surface area contributed by atoms with Crippen LogP contribution in [0, 0.1) is 13.8 Å². The maximum absolute atomic E-state index is 12.1. The topological polar surface area (TPSA) is 66.5 Å². The number of rotatable bonds is 4. The lowest BCUT2D eigenvalue weighted by Crippen LogP contribution is -2.36. The molecule has 0 unspecified atom stereocenters. The van der Waals surface area contributed by atoms with Crippen molar-refractivity contribution < 1.29 is 13.2 Å². The van der Waals surface area contributed by atoms with E-state index in [0.29, 0.717) is 5.56 Å². The Morgan fingerprint density at radius 2 is 1.89 bits per heavy atom. The van der Waals surface area contributed by atoms with Crippen LogP contribution < -0.4 is 4.72 Å². The summed E-state index contributed by atoms with van der Waals surface area (Å²) >= 11 is 0. The van der Waals surface area contributed by atoms with Crippen molar-refractivity contribution in [1.82, 2.24) is 9.62 Å². The fourth-order valence-corrected chi connectivity index (χ4v) is 2.69. The van der Waals surface area contributed by atoms with Crippen molar-refractivity contribution in [3.8, 4) is 0 Å². The van der Waals surface area contributed by atoms with Crippen LogP contribution >= 0.6 is 0 Å². The Morgan fingerprint density at radius 1 is 1.28 bits per heavy atom. The monoisotopic (exact) mass is 270 g/mol. The van der Waals surface area contributed by atoms with Gasteiger partial charge in [0.15, 0.2) is 0 Å². The van der Waals surface area contributed by atoms with Crippen molar-refractivity contribution in [3.63, 3.8) is 0 Å². The van der Waals surface area contributed by atoms with E-state index in [4.69, 9.17) is 0 Å². The van der Waals surface area contributed by atoms with Gasteiger partial charge in [0.05, 0.1) is 11.4 Å². The van der Waals surface area contributed by atoms with Crippen molar-refractivity contribution in [1.29, 1.82) is 0 Å². The predicted octanol–water partition coefficient (Wildman–Crippen LogP) is 0.670. The van der Waals surface area contributed by atoms with Crippen molar-refractivity contribution in [2.24, 2.45) is 0 Å². The van der Waals surface area contributed by atoms with E-state index in [0.717, 1.165) is 5.56 Å². The van der Waals surface area contributed by atoms with Crippen LogP contribution in [0.1, 0.15) is 11.1 Å². The van der Waals surface area contributed by atoms with Gasteiger partial charge in [0.2, 0.25) is 15.9 Å². The van der Waals surface area contributed by atoms with Crippen LogP contribution in [0.2, 0.25) is 0 Å². The quantitative estimate of drug-likeness (QED) is 0.874. The molecule has 1 aromatic carbocycles. The van der Waals surface area contributed by atoms with E-state index in [1.807, 2.05) is 13.0 Å². The highest BCUT2D eigenvalue weighted by molar-refractivity contribution is 7.89. The minimum absolute atomic E-state index is 0.217. The number of benzene rings is 1. The van der Waals surface area contributed by atoms with E-state index in [1.54, 1.807) is 33.2 Å². The number of aryl methyl sites for hydroxylation is 2. The minimum Gasteiger partial charge on any atom is -0.348 e. The third-order valence-electron chi connectivity index (χ3n) is 2.55. The first-order chi connectivity index (χ1) is 8.24. The molecule has 0 spiro atoms. The second kappa shape index (κ2) is 5.49. The third-order valence-corrected chi connectivity index (χ3v) is 4.09. The zero-order chi connectivity index (χ0) is 13.9. The van der Waals surface area contributed by atoms with E-state index < -0.39 is 10.0 Å². The number of sulfonamides is 1. The molecule has 0 aliphatic carbocycles. The SMILES string of the molecule is Cc1ccc(C)c(S(=O)(=O)NCC(=O)N(C)C)c1. The van der Waals surface area contributed by atoms with E-state index in [9.17, 15) is 13.2 Å². The Bertz CT molecular complexity index is 550. The fraction of sp³-hybridized carbons (Fsp3) is 0.417. The van der Waals surface area contributed by atoms with Gasteiger partial charge in [0.1, 0.15) is 0 Å². The molecule has 0 aliphatic rings. The largest absolute Gasteiger partial charge is 0.348 e. The number of hydrogen-bond donors (Lipinski definition) is 1. The lowest BCUT2D eigenvalue weighted by molar-refractivity contribution is -0.127. The smallest absolute Gasteiger partial charge is 0.241 e. The molecule has 0 heterocycles. The van der Waals surface area contributed by atoms with Gasteiger partial charge in [0.25, 0.3) is 0 Å². The van der Waals surface area contributed by atoms with Crippen LogP contribution in [-0.4, -0.2) is 39.9 Å². The molecule has 0 bridgehead atoms. The Hall–Kier alpha value is -1.40. The van der Waals surface area contributed by atoms with Gasteiger partial charge < -0.3 is 4.90 Å². The first kappa shape index (κ1) is 14.7. The van der Waals surface area contributed by atoms with Crippen molar-refractivity contribution in [2.75, 3.05) is 20.6 Å². The Kier molecular flexibility index (Phi) is 4.48. The third kappa shape index (κ3) is 3.54. The summed E-state index contributed by atoms with van der Waals surface area (Å²) in [6, 6.07) is 5.19. The molecule has 0 saturated heterocycles. The number of likely N-dealkylation sites (N-methyl/N-ethyl adjacent to an activating group) is 1. The Labute approximate surface area is 108 Å². The summed E-state index contributed by atoms with van der Waals surface area (Å²) < 4.78 is 26.4. The Morgan fingerprint density at radius 3 is 2.44 bits per heavy atom. The van der Waals surface area contributed by atoms with Crippen molar-refractivity contribution in [2.45, 2.75) is 18.7 Å². The highest BCUT2D eigenvalue weighted by Gasteiger charge is 2.18. The predicted molar refractivity (Wildman–Crippen MR) is 69.8 cm³/mol. The van der Waals surface area contributed by atoms with Crippen LogP contribution in [0.5, 0.6) is 0 Å². The summed E-state index contributed by atoms with van der Waals surface area (Å²) in [5.74, 6) is -0.288. The average Bonchev–Trinajstić information content (AvgIpc) is 2.29. The number of nitrogens with one attached hydrogen (secondary N) is 1. The maximum Gasteiger partial charge on any atom is 0.241 e. The lowest BCUT2D eigenvalue weighted by Gasteiger charge is -2.12. The molecule has 0 aliphatic heterocycles. The van der Waals surface area contributed by atoms with Crippen LogP contribution in [0.25, 0.3) is 0 Å². The molecular weight excluding hydrogens is 252 g/mol. The average molecular weight is 270 g/mol. The van der Waals surface area contributed by atoms with Gasteiger partial charge in [-0.1, -0.05) is 12.1 Å². The molecular formula is C12H18N2O3S. The molecule has 100 valence electrons. The van der Waals surface area contributed by atoms with Crippen LogP contribution in [0.4, 0.5) is 0 Å². The molecule has 1 aromatic rings.